The summed E-state index contributed by atoms with van der Waals surface area (Å²) >= 11 is 1.17. The lowest BCUT2D eigenvalue weighted by Crippen LogP contribution is -2.39. The highest BCUT2D eigenvalue weighted by molar-refractivity contribution is 8.14. The predicted octanol–water partition coefficient (Wildman–Crippen LogP) is 3.03. The molecule has 10 nitrogen and oxygen atoms in total. The third kappa shape index (κ3) is 4.51. The number of anilines is 1. The maximum atomic E-state index is 12.4. The molecule has 5 N–H and O–H groups in total. The van der Waals surface area contributed by atoms with Gasteiger partial charge >= 0.3 is 0 Å². The summed E-state index contributed by atoms with van der Waals surface area (Å²) in [5, 5.41) is 18.0. The lowest BCUT2D eigenvalue weighted by Gasteiger charge is -2.18. The van der Waals surface area contributed by atoms with Crippen molar-refractivity contribution in [3.63, 3.8) is 0 Å². The first-order valence-corrected chi connectivity index (χ1v) is 10.3. The molecule has 0 saturated carbocycles. The van der Waals surface area contributed by atoms with Crippen LogP contribution in [0.25, 0.3) is 10.9 Å². The third-order valence-corrected chi connectivity index (χ3v) is 5.57. The molecule has 31 heavy (non-hydrogen) atoms. The molecule has 0 bridgehead atoms. The van der Waals surface area contributed by atoms with E-state index in [1.807, 2.05) is 30.5 Å². The normalized spacial score (nSPS) is 15.7. The van der Waals surface area contributed by atoms with Crippen molar-refractivity contribution in [2.45, 2.75) is 13.1 Å². The third-order valence-electron chi connectivity index (χ3n) is 4.68. The minimum atomic E-state index is -0.526. The number of carbonyl (C=O) groups is 1. The number of para-hydroxylation sites is 1. The van der Waals surface area contributed by atoms with Crippen molar-refractivity contribution in [3.05, 3.63) is 69.9 Å². The van der Waals surface area contributed by atoms with Crippen LogP contribution < -0.4 is 16.4 Å². The van der Waals surface area contributed by atoms with Crippen LogP contribution in [0.1, 0.15) is 17.3 Å². The van der Waals surface area contributed by atoms with Gasteiger partial charge in [0.05, 0.1) is 16.4 Å². The van der Waals surface area contributed by atoms with Gasteiger partial charge in [-0.2, -0.15) is 0 Å². The molecule has 11 heteroatoms. The highest BCUT2D eigenvalue weighted by Gasteiger charge is 2.21. The largest absolute Gasteiger partial charge is 0.370 e. The Labute approximate surface area is 181 Å². The molecule has 1 aliphatic rings. The second kappa shape index (κ2) is 8.48. The average Bonchev–Trinajstić information content (AvgIpc) is 3.17. The van der Waals surface area contributed by atoms with Gasteiger partial charge in [0, 0.05) is 34.8 Å². The van der Waals surface area contributed by atoms with E-state index in [2.05, 4.69) is 25.6 Å². The van der Waals surface area contributed by atoms with Crippen LogP contribution in [0.2, 0.25) is 0 Å². The van der Waals surface area contributed by atoms with Crippen molar-refractivity contribution in [3.8, 4) is 0 Å². The number of aryl methyl sites for hydroxylation is 1. The zero-order chi connectivity index (χ0) is 22.0. The fourth-order valence-electron chi connectivity index (χ4n) is 3.14. The van der Waals surface area contributed by atoms with Gasteiger partial charge in [-0.25, -0.2) is 9.98 Å². The van der Waals surface area contributed by atoms with Crippen molar-refractivity contribution in [2.75, 3.05) is 11.1 Å². The van der Waals surface area contributed by atoms with E-state index in [9.17, 15) is 14.9 Å². The number of thioether (sulfide) groups is 1. The average molecular weight is 437 g/mol. The number of carbonyl (C=O) groups excluding carboxylic acids is 1. The van der Waals surface area contributed by atoms with Gasteiger partial charge in [0.1, 0.15) is 0 Å². The van der Waals surface area contributed by atoms with E-state index in [0.29, 0.717) is 10.9 Å². The molecule has 0 fully saturated rings. The van der Waals surface area contributed by atoms with Crippen LogP contribution in [0.15, 0.2) is 58.6 Å². The first-order valence-electron chi connectivity index (χ1n) is 9.32. The van der Waals surface area contributed by atoms with Gasteiger partial charge in [-0.05, 0) is 18.6 Å². The maximum Gasteiger partial charge on any atom is 0.271 e. The molecule has 1 aliphatic heterocycles. The number of aromatic amines is 1. The van der Waals surface area contributed by atoms with Crippen LogP contribution in [0.3, 0.4) is 0 Å². The van der Waals surface area contributed by atoms with Gasteiger partial charge in [0.15, 0.2) is 17.3 Å². The van der Waals surface area contributed by atoms with Crippen LogP contribution in [0.5, 0.6) is 0 Å². The van der Waals surface area contributed by atoms with Crippen LogP contribution in [0.4, 0.5) is 11.4 Å². The highest BCUT2D eigenvalue weighted by atomic mass is 32.2. The summed E-state index contributed by atoms with van der Waals surface area (Å²) in [4.78, 5) is 35.0. The molecule has 1 amide bonds. The summed E-state index contributed by atoms with van der Waals surface area (Å²) in [6.07, 6.45) is 1.32. The number of non-ortho nitro benzene ring substituents is 1. The molecule has 0 spiro atoms. The monoisotopic (exact) mass is 437 g/mol. The lowest BCUT2D eigenvalue weighted by molar-refractivity contribution is -0.384. The zero-order valence-corrected chi connectivity index (χ0v) is 17.3. The van der Waals surface area contributed by atoms with E-state index in [1.54, 1.807) is 13.0 Å². The Kier molecular flexibility index (Phi) is 5.58. The number of hydrogen-bond donors (Lipinski definition) is 4. The van der Waals surface area contributed by atoms with Crippen molar-refractivity contribution in [2.24, 2.45) is 15.7 Å². The molecule has 2 aromatic carbocycles. The van der Waals surface area contributed by atoms with E-state index in [1.165, 1.54) is 23.9 Å². The Balaban J connectivity index is 1.45. The van der Waals surface area contributed by atoms with Gasteiger partial charge < -0.3 is 21.4 Å². The highest BCUT2D eigenvalue weighted by Crippen LogP contribution is 2.29. The smallest absolute Gasteiger partial charge is 0.271 e. The Morgan fingerprint density at radius 3 is 2.90 bits per heavy atom. The quantitative estimate of drug-likeness (QED) is 0.356. The van der Waals surface area contributed by atoms with Crippen molar-refractivity contribution >= 4 is 51.1 Å². The summed E-state index contributed by atoms with van der Waals surface area (Å²) < 4.78 is 0. The number of guanidine groups is 1. The number of amides is 1. The minimum Gasteiger partial charge on any atom is -0.370 e. The minimum absolute atomic E-state index is 0.0435. The van der Waals surface area contributed by atoms with E-state index < -0.39 is 11.1 Å². The molecule has 1 unspecified atom stereocenters. The van der Waals surface area contributed by atoms with E-state index >= 15 is 0 Å². The first-order chi connectivity index (χ1) is 14.9. The summed E-state index contributed by atoms with van der Waals surface area (Å²) in [5.41, 5.74) is 8.83. The molecule has 0 aliphatic carbocycles. The Bertz CT molecular complexity index is 1230. The molecule has 1 aromatic heterocycles. The van der Waals surface area contributed by atoms with E-state index in [-0.39, 0.29) is 23.3 Å². The molecular weight excluding hydrogens is 418 g/mol. The fourth-order valence-corrected chi connectivity index (χ4v) is 3.84. The fraction of sp³-hybridized carbons (Fsp3) is 0.150. The second-order valence-electron chi connectivity index (χ2n) is 6.83. The van der Waals surface area contributed by atoms with Crippen molar-refractivity contribution < 1.29 is 9.72 Å². The van der Waals surface area contributed by atoms with Gasteiger partial charge in [0.2, 0.25) is 5.91 Å². The lowest BCUT2D eigenvalue weighted by atomic mass is 10.1. The van der Waals surface area contributed by atoms with Crippen LogP contribution in [-0.2, 0) is 4.79 Å². The van der Waals surface area contributed by atoms with Gasteiger partial charge in [-0.1, -0.05) is 36.0 Å². The molecule has 1 atom stereocenters. The summed E-state index contributed by atoms with van der Waals surface area (Å²) in [6.45, 7) is 1.77. The van der Waals surface area contributed by atoms with Gasteiger partial charge in [-0.3, -0.25) is 14.9 Å². The molecule has 0 radical (unpaired) electrons. The number of nitrogens with zero attached hydrogens (tertiary/aromatic N) is 3. The molecule has 158 valence electrons. The Hall–Kier alpha value is -3.86. The number of rotatable bonds is 5. The van der Waals surface area contributed by atoms with Crippen molar-refractivity contribution in [1.29, 1.82) is 0 Å². The molecule has 4 rings (SSSR count). The number of aromatic nitrogens is 1. The molecule has 0 saturated heterocycles. The SMILES string of the molecule is Cc1ccc([N+](=O)[O-])cc1NC(=O)CSC1=NC(c2c[nH]c3ccccc23)N=C(N)N1. The number of aliphatic imine (C=N–C) groups is 2. The second-order valence-corrected chi connectivity index (χ2v) is 7.79. The van der Waals surface area contributed by atoms with Crippen LogP contribution in [-0.4, -0.2) is 32.7 Å². The van der Waals surface area contributed by atoms with Gasteiger partial charge in [0.25, 0.3) is 5.69 Å². The van der Waals surface area contributed by atoms with Crippen LogP contribution in [0, 0.1) is 17.0 Å². The number of hydrogen-bond acceptors (Lipinski definition) is 8. The number of fused-ring (bicyclic) bond motifs is 1. The maximum absolute atomic E-state index is 12.4. The zero-order valence-electron chi connectivity index (χ0n) is 16.5. The number of nitro benzene ring substituents is 1. The van der Waals surface area contributed by atoms with E-state index in [0.717, 1.165) is 22.0 Å². The summed E-state index contributed by atoms with van der Waals surface area (Å²) in [7, 11) is 0. The number of nitrogens with one attached hydrogen (secondary N) is 3. The Morgan fingerprint density at radius 2 is 2.10 bits per heavy atom. The predicted molar refractivity (Wildman–Crippen MR) is 122 cm³/mol. The van der Waals surface area contributed by atoms with Crippen LogP contribution >= 0.6 is 11.8 Å². The Morgan fingerprint density at radius 1 is 1.29 bits per heavy atom. The first kappa shape index (κ1) is 20.4. The van der Waals surface area contributed by atoms with Gasteiger partial charge in [-0.15, -0.1) is 0 Å². The van der Waals surface area contributed by atoms with E-state index in [4.69, 9.17) is 5.73 Å². The molecule has 2 heterocycles. The summed E-state index contributed by atoms with van der Waals surface area (Å²) in [5.74, 6) is -0.0625. The summed E-state index contributed by atoms with van der Waals surface area (Å²) in [6, 6.07) is 12.1. The number of H-pyrrole nitrogens is 1. The number of amidine groups is 1. The molecule has 3 aromatic rings. The number of nitrogens with two attached hydrogens (primary N) is 1. The number of benzene rings is 2. The topological polar surface area (TPSA) is 151 Å². The van der Waals surface area contributed by atoms with Crippen molar-refractivity contribution in [1.82, 2.24) is 10.3 Å². The number of nitro groups is 1. The molecular formula is C20H19N7O3S. The standard InChI is InChI=1S/C20H19N7O3S/c1-11-6-7-12(27(29)30)8-16(11)23-17(28)10-31-20-25-18(24-19(21)26-20)14-9-22-15-5-3-2-4-13(14)15/h2-9,18,22H,10H2,1H3,(H,23,28)(H3,21,24,25,26).